The van der Waals surface area contributed by atoms with Crippen molar-refractivity contribution in [1.82, 2.24) is 15.1 Å². The summed E-state index contributed by atoms with van der Waals surface area (Å²) in [5.74, 6) is -1.21. The van der Waals surface area contributed by atoms with E-state index in [4.69, 9.17) is 18.9 Å². The number of hydrogen-bond acceptors (Lipinski definition) is 11. The lowest BCUT2D eigenvalue weighted by molar-refractivity contribution is -0.140. The summed E-state index contributed by atoms with van der Waals surface area (Å²) in [5.41, 5.74) is -0.293. The van der Waals surface area contributed by atoms with Crippen molar-refractivity contribution in [3.05, 3.63) is 35.4 Å². The minimum absolute atomic E-state index is 0.0162. The number of nitrogens with one attached hydrogen (secondary N) is 1. The number of Topliss-reactive ketones (excluding diaryl/α,β-unsaturated/α-hetero) is 2. The molecule has 3 amide bonds. The Morgan fingerprint density at radius 1 is 1.08 bits per heavy atom. The fourth-order valence-electron chi connectivity index (χ4n) is 7.71. The highest BCUT2D eigenvalue weighted by Crippen LogP contribution is 2.58. The van der Waals surface area contributed by atoms with E-state index in [1.807, 2.05) is 18.2 Å². The van der Waals surface area contributed by atoms with E-state index in [-0.39, 0.29) is 45.2 Å². The van der Waals surface area contributed by atoms with Crippen molar-refractivity contribution in [3.8, 4) is 11.5 Å². The smallest absolute Gasteiger partial charge is 0.410 e. The van der Waals surface area contributed by atoms with Gasteiger partial charge in [0, 0.05) is 30.4 Å². The van der Waals surface area contributed by atoms with Crippen LogP contribution in [0.2, 0.25) is 0 Å². The molecule has 14 nitrogen and oxygen atoms in total. The van der Waals surface area contributed by atoms with Gasteiger partial charge in [0.2, 0.25) is 12.7 Å². The molecule has 6 rings (SSSR count). The van der Waals surface area contributed by atoms with Crippen LogP contribution >= 0.6 is 0 Å². The molecule has 4 aliphatic heterocycles. The number of ether oxygens (including phenoxy) is 4. The Balaban J connectivity index is 1.25. The minimum atomic E-state index is -3.73. The largest absolute Gasteiger partial charge is 0.454 e. The van der Waals surface area contributed by atoms with Crippen molar-refractivity contribution in [3.63, 3.8) is 0 Å². The predicted molar refractivity (Wildman–Crippen MR) is 192 cm³/mol. The Bertz CT molecular complexity index is 1780. The van der Waals surface area contributed by atoms with Gasteiger partial charge in [-0.3, -0.25) is 19.3 Å². The van der Waals surface area contributed by atoms with E-state index >= 15 is 0 Å². The first kappa shape index (κ1) is 38.6. The number of allylic oxidation sites excluding steroid dienone is 2. The zero-order valence-electron chi connectivity index (χ0n) is 31.2. The Kier molecular flexibility index (Phi) is 10.9. The number of ketones is 2. The molecule has 0 spiro atoms. The third kappa shape index (κ3) is 8.49. The zero-order chi connectivity index (χ0) is 38.3. The molecule has 1 N–H and O–H groups in total. The maximum atomic E-state index is 14.4. The molecule has 5 atom stereocenters. The highest BCUT2D eigenvalue weighted by molar-refractivity contribution is 7.92. The number of carbonyl (C=O) groups is 5. The number of alkyl carbamates (subject to hydrolysis) is 1. The average Bonchev–Trinajstić information content (AvgIpc) is 3.46. The summed E-state index contributed by atoms with van der Waals surface area (Å²) in [4.78, 5) is 71.9. The molecule has 1 saturated carbocycles. The molecule has 0 aromatic heterocycles. The monoisotopic (exact) mass is 757 g/mol. The van der Waals surface area contributed by atoms with Crippen LogP contribution in [0.4, 0.5) is 9.59 Å². The highest BCUT2D eigenvalue weighted by Gasteiger charge is 2.60. The molecule has 5 aliphatic rings. The first-order valence-electron chi connectivity index (χ1n) is 18.6. The lowest BCUT2D eigenvalue weighted by atomic mass is 9.88. The molecule has 0 unspecified atom stereocenters. The number of benzene rings is 1. The average molecular weight is 758 g/mol. The summed E-state index contributed by atoms with van der Waals surface area (Å²) >= 11 is 0. The predicted octanol–water partition coefficient (Wildman–Crippen LogP) is 4.61. The molecule has 1 aromatic rings. The minimum Gasteiger partial charge on any atom is -0.454 e. The number of fused-ring (bicyclic) bond motifs is 5. The van der Waals surface area contributed by atoms with Gasteiger partial charge in [-0.25, -0.2) is 18.0 Å². The summed E-state index contributed by atoms with van der Waals surface area (Å²) in [6, 6.07) is 1.58. The summed E-state index contributed by atoms with van der Waals surface area (Å²) in [5, 5.41) is 1.96. The van der Waals surface area contributed by atoms with Gasteiger partial charge in [0.1, 0.15) is 23.5 Å². The van der Waals surface area contributed by atoms with Crippen molar-refractivity contribution in [2.75, 3.05) is 19.1 Å². The van der Waals surface area contributed by atoms with Crippen LogP contribution in [-0.4, -0.2) is 96.0 Å². The first-order valence-corrected chi connectivity index (χ1v) is 20.3. The molecule has 4 heterocycles. The fourth-order valence-corrected chi connectivity index (χ4v) is 8.69. The molecule has 2 fully saturated rings. The highest BCUT2D eigenvalue weighted by atomic mass is 32.2. The van der Waals surface area contributed by atoms with Crippen molar-refractivity contribution in [2.45, 2.75) is 128 Å². The zero-order valence-corrected chi connectivity index (χ0v) is 32.0. The van der Waals surface area contributed by atoms with Gasteiger partial charge >= 0.3 is 12.2 Å². The Hall–Kier alpha value is -4.14. The maximum absolute atomic E-state index is 14.4. The van der Waals surface area contributed by atoms with Crippen LogP contribution in [0.1, 0.15) is 97.1 Å². The summed E-state index contributed by atoms with van der Waals surface area (Å²) < 4.78 is 48.3. The van der Waals surface area contributed by atoms with Crippen molar-refractivity contribution in [1.29, 1.82) is 0 Å². The fraction of sp³-hybridized carbons (Fsp3) is 0.658. The molecule has 1 aromatic carbocycles. The molecule has 1 saturated heterocycles. The van der Waals surface area contributed by atoms with Crippen molar-refractivity contribution in [2.24, 2.45) is 11.3 Å². The Labute approximate surface area is 310 Å². The van der Waals surface area contributed by atoms with E-state index in [1.54, 1.807) is 26.8 Å². The standard InChI is InChI=1S/C38H51N3O11S/c1-23(2)53(47,48)21-32(43)38-16-25(38)11-9-7-6-8-10-12-28(39-35(45)52-37(3,4)5)34(44)41-19-26(15-29(41)30(42)17-38)51-36(46)40-18-24-13-14-31-33(27(24)20-40)50-22-49-31/h9,11,13-14,23,25-26,28-29H,6-8,10,12,15-22H2,1-5H3,(H,39,45)/b11-9-/t25-,26-,28+,29+,38-/m1/s1. The first-order chi connectivity index (χ1) is 25.0. The number of sulfone groups is 1. The summed E-state index contributed by atoms with van der Waals surface area (Å²) in [6.45, 7) is 8.70. The molecule has 1 aliphatic carbocycles. The number of nitrogens with zero attached hydrogens (tertiary/aromatic N) is 2. The normalized spacial score (nSPS) is 28.0. The molecular formula is C38H51N3O11S. The van der Waals surface area contributed by atoms with E-state index < -0.39 is 79.7 Å². The SMILES string of the molecule is CC(C)S(=O)(=O)CC(=O)[C@]12CC(=O)[C@@H]3C[C@@H](OC(=O)N4Cc5ccc6c(c5C4)OCO6)CN3C(=O)[C@@H](NC(=O)OC(C)(C)C)CCCCC/C=C\[C@@H]1C2. The summed E-state index contributed by atoms with van der Waals surface area (Å²) in [7, 11) is -3.73. The van der Waals surface area contributed by atoms with Gasteiger partial charge in [0.25, 0.3) is 0 Å². The van der Waals surface area contributed by atoms with Crippen molar-refractivity contribution < 1.29 is 51.3 Å². The van der Waals surface area contributed by atoms with E-state index in [0.717, 1.165) is 24.0 Å². The van der Waals surface area contributed by atoms with Gasteiger partial charge in [-0.2, -0.15) is 0 Å². The van der Waals surface area contributed by atoms with E-state index in [2.05, 4.69) is 5.32 Å². The van der Waals surface area contributed by atoms with Crippen LogP contribution < -0.4 is 14.8 Å². The van der Waals surface area contributed by atoms with Crippen LogP contribution in [-0.2, 0) is 46.8 Å². The Morgan fingerprint density at radius 3 is 2.58 bits per heavy atom. The third-order valence-electron chi connectivity index (χ3n) is 10.8. The molecule has 0 radical (unpaired) electrons. The number of hydrogen-bond donors (Lipinski definition) is 1. The van der Waals surface area contributed by atoms with Gasteiger partial charge in [-0.05, 0) is 77.8 Å². The lowest BCUT2D eigenvalue weighted by Gasteiger charge is -2.30. The van der Waals surface area contributed by atoms with Gasteiger partial charge in [-0.15, -0.1) is 0 Å². The third-order valence-corrected chi connectivity index (χ3v) is 12.9. The van der Waals surface area contributed by atoms with Crippen LogP contribution in [0.15, 0.2) is 24.3 Å². The van der Waals surface area contributed by atoms with E-state index in [9.17, 15) is 32.4 Å². The van der Waals surface area contributed by atoms with Crippen molar-refractivity contribution >= 4 is 39.5 Å². The van der Waals surface area contributed by atoms with Crippen LogP contribution in [0.5, 0.6) is 11.5 Å². The van der Waals surface area contributed by atoms with Gasteiger partial charge in [0.15, 0.2) is 32.9 Å². The molecular weight excluding hydrogens is 706 g/mol. The molecule has 0 bridgehead atoms. The van der Waals surface area contributed by atoms with E-state index in [1.165, 1.54) is 23.6 Å². The second-order valence-corrected chi connectivity index (χ2v) is 18.8. The number of amides is 3. The lowest BCUT2D eigenvalue weighted by Crippen LogP contribution is -2.53. The van der Waals surface area contributed by atoms with Gasteiger partial charge in [-0.1, -0.05) is 31.1 Å². The molecule has 290 valence electrons. The van der Waals surface area contributed by atoms with Gasteiger partial charge < -0.3 is 29.2 Å². The second kappa shape index (κ2) is 14.9. The van der Waals surface area contributed by atoms with E-state index in [0.29, 0.717) is 37.2 Å². The molecule has 15 heteroatoms. The van der Waals surface area contributed by atoms with Crippen LogP contribution in [0.25, 0.3) is 0 Å². The topological polar surface area (TPSA) is 175 Å². The second-order valence-electron chi connectivity index (χ2n) is 16.2. The number of rotatable bonds is 6. The number of carbonyl (C=O) groups excluding carboxylic acids is 5. The quantitative estimate of drug-likeness (QED) is 0.402. The van der Waals surface area contributed by atoms with Gasteiger partial charge in [0.05, 0.1) is 24.4 Å². The maximum Gasteiger partial charge on any atom is 0.410 e. The molecule has 53 heavy (non-hydrogen) atoms. The Morgan fingerprint density at radius 2 is 1.85 bits per heavy atom. The van der Waals surface area contributed by atoms with Crippen LogP contribution in [0, 0.1) is 11.3 Å². The van der Waals surface area contributed by atoms with Crippen LogP contribution in [0.3, 0.4) is 0 Å². The summed E-state index contributed by atoms with van der Waals surface area (Å²) in [6.07, 6.45) is 4.86.